The van der Waals surface area contributed by atoms with Crippen molar-refractivity contribution in [2.24, 2.45) is 0 Å². The van der Waals surface area contributed by atoms with Gasteiger partial charge in [-0.2, -0.15) is 0 Å². The summed E-state index contributed by atoms with van der Waals surface area (Å²) < 4.78 is 20.4. The van der Waals surface area contributed by atoms with Crippen molar-refractivity contribution in [2.45, 2.75) is 0 Å². The summed E-state index contributed by atoms with van der Waals surface area (Å²) in [6, 6.07) is 8.30. The molecule has 1 heterocycles. The molecule has 0 radical (unpaired) electrons. The Bertz CT molecular complexity index is 845. The first-order valence-corrected chi connectivity index (χ1v) is 7.33. The van der Waals surface area contributed by atoms with Gasteiger partial charge >= 0.3 is 0 Å². The minimum Gasteiger partial charge on any atom is -0.435 e. The molecule has 0 spiro atoms. The molecule has 3 aromatic rings. The highest BCUT2D eigenvalue weighted by atomic mass is 79.9. The molecule has 0 aliphatic rings. The highest BCUT2D eigenvalue weighted by molar-refractivity contribution is 9.10. The van der Waals surface area contributed by atoms with E-state index in [1.165, 1.54) is 18.5 Å². The minimum atomic E-state index is -0.731. The lowest BCUT2D eigenvalue weighted by atomic mass is 10.2. The lowest BCUT2D eigenvalue weighted by Crippen LogP contribution is -1.94. The molecule has 0 unspecified atom stereocenters. The molecule has 3 rings (SSSR count). The van der Waals surface area contributed by atoms with E-state index in [4.69, 9.17) is 27.9 Å². The Morgan fingerprint density at radius 1 is 1.10 bits per heavy atom. The first kappa shape index (κ1) is 14.5. The van der Waals surface area contributed by atoms with Crippen LogP contribution in [-0.2, 0) is 0 Å². The van der Waals surface area contributed by atoms with E-state index in [9.17, 15) is 4.39 Å². The Balaban J connectivity index is 2.10. The Morgan fingerprint density at radius 2 is 1.90 bits per heavy atom. The maximum absolute atomic E-state index is 14.0. The monoisotopic (exact) mass is 386 g/mol. The summed E-state index contributed by atoms with van der Waals surface area (Å²) in [5.41, 5.74) is 0.684. The molecule has 7 heteroatoms. The van der Waals surface area contributed by atoms with Crippen molar-refractivity contribution in [3.63, 3.8) is 0 Å². The van der Waals surface area contributed by atoms with E-state index in [2.05, 4.69) is 25.9 Å². The lowest BCUT2D eigenvalue weighted by molar-refractivity contribution is 0.432. The van der Waals surface area contributed by atoms with E-state index in [1.807, 2.05) is 6.07 Å². The van der Waals surface area contributed by atoms with E-state index >= 15 is 0 Å². The maximum atomic E-state index is 14.0. The first-order chi connectivity index (χ1) is 10.1. The molecule has 0 saturated carbocycles. The molecule has 0 saturated heterocycles. The van der Waals surface area contributed by atoms with Crippen LogP contribution in [0.25, 0.3) is 10.9 Å². The molecular weight excluding hydrogens is 382 g/mol. The number of ether oxygens (including phenoxy) is 1. The van der Waals surface area contributed by atoms with Crippen LogP contribution < -0.4 is 4.74 Å². The van der Waals surface area contributed by atoms with Crippen LogP contribution in [0.15, 0.2) is 41.1 Å². The Hall–Kier alpha value is -1.43. The van der Waals surface area contributed by atoms with Gasteiger partial charge in [0.15, 0.2) is 11.6 Å². The molecule has 21 heavy (non-hydrogen) atoms. The fourth-order valence-corrected chi connectivity index (χ4v) is 2.44. The van der Waals surface area contributed by atoms with Gasteiger partial charge in [0.25, 0.3) is 0 Å². The highest BCUT2D eigenvalue weighted by Crippen LogP contribution is 2.35. The Morgan fingerprint density at radius 3 is 2.71 bits per heavy atom. The quantitative estimate of drug-likeness (QED) is 0.534. The SMILES string of the molecule is Fc1c(Oc2ncnc3ccc(Br)cc23)ccc(Cl)c1Cl. The predicted octanol–water partition coefficient (Wildman–Crippen LogP) is 5.63. The molecule has 1 aromatic heterocycles. The van der Waals surface area contributed by atoms with Gasteiger partial charge in [0.1, 0.15) is 6.33 Å². The van der Waals surface area contributed by atoms with E-state index in [0.717, 1.165) is 4.47 Å². The van der Waals surface area contributed by atoms with Gasteiger partial charge < -0.3 is 4.74 Å². The zero-order valence-corrected chi connectivity index (χ0v) is 13.4. The van der Waals surface area contributed by atoms with Crippen molar-refractivity contribution in [2.75, 3.05) is 0 Å². The molecule has 0 aliphatic heterocycles. The largest absolute Gasteiger partial charge is 0.435 e. The zero-order chi connectivity index (χ0) is 15.0. The Kier molecular flexibility index (Phi) is 3.97. The summed E-state index contributed by atoms with van der Waals surface area (Å²) in [5, 5.41) is 0.586. The summed E-state index contributed by atoms with van der Waals surface area (Å²) in [6.07, 6.45) is 1.35. The van der Waals surface area contributed by atoms with Crippen LogP contribution in [0.1, 0.15) is 0 Å². The summed E-state index contributed by atoms with van der Waals surface area (Å²) in [7, 11) is 0. The number of hydrogen-bond donors (Lipinski definition) is 0. The van der Waals surface area contributed by atoms with Crippen molar-refractivity contribution in [1.82, 2.24) is 9.97 Å². The first-order valence-electron chi connectivity index (χ1n) is 5.78. The van der Waals surface area contributed by atoms with Crippen molar-refractivity contribution < 1.29 is 9.13 Å². The van der Waals surface area contributed by atoms with Gasteiger partial charge in [-0.3, -0.25) is 0 Å². The van der Waals surface area contributed by atoms with Gasteiger partial charge in [0.05, 0.1) is 20.9 Å². The third-order valence-corrected chi connectivity index (χ3v) is 4.04. The van der Waals surface area contributed by atoms with Crippen molar-refractivity contribution in [1.29, 1.82) is 0 Å². The van der Waals surface area contributed by atoms with Crippen molar-refractivity contribution >= 4 is 50.0 Å². The van der Waals surface area contributed by atoms with E-state index in [1.54, 1.807) is 12.1 Å². The molecule has 0 aliphatic carbocycles. The Labute approximate surface area is 137 Å². The highest BCUT2D eigenvalue weighted by Gasteiger charge is 2.14. The second-order valence-corrected chi connectivity index (χ2v) is 5.82. The smallest absolute Gasteiger partial charge is 0.230 e. The normalized spacial score (nSPS) is 10.9. The second-order valence-electron chi connectivity index (χ2n) is 4.12. The number of nitrogens with zero attached hydrogens (tertiary/aromatic N) is 2. The van der Waals surface area contributed by atoms with Gasteiger partial charge in [-0.25, -0.2) is 14.4 Å². The molecule has 106 valence electrons. The number of benzene rings is 2. The molecule has 0 amide bonds. The summed E-state index contributed by atoms with van der Waals surface area (Å²) in [4.78, 5) is 8.17. The van der Waals surface area contributed by atoms with E-state index in [-0.39, 0.29) is 21.7 Å². The second kappa shape index (κ2) is 5.75. The van der Waals surface area contributed by atoms with Crippen LogP contribution in [0.2, 0.25) is 10.0 Å². The fraction of sp³-hybridized carbons (Fsp3) is 0. The average Bonchev–Trinajstić information content (AvgIpc) is 2.48. The zero-order valence-electron chi connectivity index (χ0n) is 10.3. The molecule has 3 nitrogen and oxygen atoms in total. The van der Waals surface area contributed by atoms with E-state index < -0.39 is 5.82 Å². The number of halogens is 4. The third kappa shape index (κ3) is 2.81. The van der Waals surface area contributed by atoms with Gasteiger partial charge in [-0.1, -0.05) is 39.1 Å². The van der Waals surface area contributed by atoms with Crippen LogP contribution in [-0.4, -0.2) is 9.97 Å². The molecule has 0 N–H and O–H groups in total. The van der Waals surface area contributed by atoms with Crippen LogP contribution in [0.3, 0.4) is 0 Å². The van der Waals surface area contributed by atoms with Gasteiger partial charge in [-0.05, 0) is 30.3 Å². The summed E-state index contributed by atoms with van der Waals surface area (Å²) in [5.74, 6) is -0.547. The number of hydrogen-bond acceptors (Lipinski definition) is 3. The van der Waals surface area contributed by atoms with Crippen LogP contribution >= 0.6 is 39.1 Å². The predicted molar refractivity (Wildman–Crippen MR) is 83.7 cm³/mol. The number of fused-ring (bicyclic) bond motifs is 1. The maximum Gasteiger partial charge on any atom is 0.230 e. The summed E-state index contributed by atoms with van der Waals surface area (Å²) >= 11 is 14.9. The third-order valence-electron chi connectivity index (χ3n) is 2.77. The molecule has 2 aromatic carbocycles. The molecule has 0 fully saturated rings. The number of rotatable bonds is 2. The van der Waals surface area contributed by atoms with Crippen LogP contribution in [0, 0.1) is 5.82 Å². The molecular formula is C14H6BrCl2FN2O. The van der Waals surface area contributed by atoms with E-state index in [0.29, 0.717) is 10.9 Å². The van der Waals surface area contributed by atoms with Crippen molar-refractivity contribution in [3.05, 3.63) is 57.0 Å². The fourth-order valence-electron chi connectivity index (χ4n) is 1.78. The van der Waals surface area contributed by atoms with Crippen LogP contribution in [0.4, 0.5) is 4.39 Å². The summed E-state index contributed by atoms with van der Waals surface area (Å²) in [6.45, 7) is 0. The minimum absolute atomic E-state index is 0.0515. The molecule has 0 bridgehead atoms. The molecule has 0 atom stereocenters. The average molecular weight is 388 g/mol. The lowest BCUT2D eigenvalue weighted by Gasteiger charge is -2.09. The van der Waals surface area contributed by atoms with Gasteiger partial charge in [0.2, 0.25) is 5.88 Å². The number of aromatic nitrogens is 2. The standard InChI is InChI=1S/C14H6BrCl2FN2O/c15-7-1-3-10-8(5-7)14(20-6-19-10)21-11-4-2-9(16)12(17)13(11)18/h1-6H. The topological polar surface area (TPSA) is 35.0 Å². The van der Waals surface area contributed by atoms with Crippen LogP contribution in [0.5, 0.6) is 11.6 Å². The van der Waals surface area contributed by atoms with Gasteiger partial charge in [0, 0.05) is 4.47 Å². The van der Waals surface area contributed by atoms with Crippen molar-refractivity contribution in [3.8, 4) is 11.6 Å². The van der Waals surface area contributed by atoms with Gasteiger partial charge in [-0.15, -0.1) is 0 Å².